The average Bonchev–Trinajstić information content (AvgIpc) is 2.64. The summed E-state index contributed by atoms with van der Waals surface area (Å²) in [7, 11) is -5.10. The average molecular weight is 494 g/mol. The zero-order valence-corrected chi connectivity index (χ0v) is 18.1. The molecule has 0 aliphatic heterocycles. The van der Waals surface area contributed by atoms with Gasteiger partial charge in [-0.1, -0.05) is 58.5 Å². The molecular weight excluding hydrogens is 482 g/mol. The maximum absolute atomic E-state index is 13.0. The van der Waals surface area contributed by atoms with E-state index in [9.17, 15) is 23.2 Å². The van der Waals surface area contributed by atoms with E-state index >= 15 is 0 Å². The highest BCUT2D eigenvalue weighted by molar-refractivity contribution is 7.87. The maximum atomic E-state index is 13.0. The van der Waals surface area contributed by atoms with Gasteiger partial charge in [0.1, 0.15) is 11.5 Å². The highest BCUT2D eigenvalue weighted by Crippen LogP contribution is 2.52. The minimum atomic E-state index is -5.10. The largest absolute Gasteiger partial charge is 0.508 e. The van der Waals surface area contributed by atoms with Crippen molar-refractivity contribution in [1.82, 2.24) is 0 Å². The summed E-state index contributed by atoms with van der Waals surface area (Å²) in [6.07, 6.45) is 0. The van der Waals surface area contributed by atoms with Crippen molar-refractivity contribution in [2.75, 3.05) is 0 Å². The number of phenolic OH excluding ortho intramolecular Hbond substituents is 2. The third-order valence-electron chi connectivity index (χ3n) is 4.39. The fraction of sp³-hybridized carbons (Fsp3) is 0.0526. The van der Waals surface area contributed by atoms with Gasteiger partial charge < -0.3 is 10.2 Å². The molecule has 0 spiro atoms. The summed E-state index contributed by atoms with van der Waals surface area (Å²) in [5, 5.41) is 19.3. The second kappa shape index (κ2) is 7.87. The summed E-state index contributed by atoms with van der Waals surface area (Å²) in [5.74, 6) is -0.612. The van der Waals surface area contributed by atoms with Crippen molar-refractivity contribution in [3.05, 3.63) is 91.4 Å². The molecule has 1 atom stereocenters. The van der Waals surface area contributed by atoms with Gasteiger partial charge >= 0.3 is 0 Å². The van der Waals surface area contributed by atoms with E-state index in [-0.39, 0.29) is 37.5 Å². The molecule has 0 saturated heterocycles. The first-order valence-corrected chi connectivity index (χ1v) is 10.8. The lowest BCUT2D eigenvalue weighted by atomic mass is 9.83. The Labute approximate surface area is 186 Å². The van der Waals surface area contributed by atoms with Crippen LogP contribution in [0.4, 0.5) is 0 Å². The van der Waals surface area contributed by atoms with Crippen LogP contribution in [0.5, 0.6) is 11.5 Å². The Morgan fingerprint density at radius 1 is 0.793 bits per heavy atom. The van der Waals surface area contributed by atoms with Crippen LogP contribution < -0.4 is 0 Å². The topological polar surface area (TPSA) is 94.8 Å². The van der Waals surface area contributed by atoms with E-state index in [4.69, 9.17) is 46.4 Å². The third kappa shape index (κ3) is 3.65. The van der Waals surface area contributed by atoms with Gasteiger partial charge in [0.25, 0.3) is 10.1 Å². The lowest BCUT2D eigenvalue weighted by molar-refractivity contribution is 0.455. The van der Waals surface area contributed by atoms with Crippen molar-refractivity contribution in [2.45, 2.75) is 4.75 Å². The zero-order chi connectivity index (χ0) is 21.6. The maximum Gasteiger partial charge on any atom is 0.283 e. The van der Waals surface area contributed by atoms with Gasteiger partial charge in [-0.25, -0.2) is 0 Å². The molecule has 0 heterocycles. The fourth-order valence-corrected chi connectivity index (χ4v) is 5.78. The third-order valence-corrected chi connectivity index (χ3v) is 7.09. The standard InChI is InChI=1S/C19H12Cl4O5S/c20-11-3-6-14(21)13(9-11)19(29(26,27)28,10-1-4-12(24)5-2-10)17-15(22)7-8-16(25)18(17)23/h1-9,24-25H,(H,26,27,28). The molecule has 0 bridgehead atoms. The van der Waals surface area contributed by atoms with Gasteiger partial charge in [0, 0.05) is 26.2 Å². The van der Waals surface area contributed by atoms with Crippen molar-refractivity contribution in [3.8, 4) is 11.5 Å². The van der Waals surface area contributed by atoms with Crippen LogP contribution in [0.25, 0.3) is 0 Å². The van der Waals surface area contributed by atoms with Crippen LogP contribution in [-0.2, 0) is 14.9 Å². The number of phenols is 2. The summed E-state index contributed by atoms with van der Waals surface area (Å²) in [5.41, 5.74) is -0.510. The smallest absolute Gasteiger partial charge is 0.283 e. The van der Waals surface area contributed by atoms with Crippen LogP contribution in [0.3, 0.4) is 0 Å². The zero-order valence-electron chi connectivity index (χ0n) is 14.3. The van der Waals surface area contributed by atoms with Gasteiger partial charge in [-0.2, -0.15) is 8.42 Å². The quantitative estimate of drug-likeness (QED) is 0.311. The second-order valence-corrected chi connectivity index (χ2v) is 9.27. The first-order chi connectivity index (χ1) is 13.5. The molecule has 29 heavy (non-hydrogen) atoms. The Morgan fingerprint density at radius 3 is 1.97 bits per heavy atom. The van der Waals surface area contributed by atoms with Crippen molar-refractivity contribution >= 4 is 56.5 Å². The SMILES string of the molecule is O=S(=O)(O)C(c1ccc(O)cc1)(c1cc(Cl)ccc1Cl)c1c(Cl)ccc(O)c1Cl. The molecule has 3 N–H and O–H groups in total. The molecule has 0 fully saturated rings. The van der Waals surface area contributed by atoms with E-state index in [0.29, 0.717) is 0 Å². The van der Waals surface area contributed by atoms with Gasteiger partial charge in [0.05, 0.1) is 5.02 Å². The van der Waals surface area contributed by atoms with Crippen molar-refractivity contribution in [2.24, 2.45) is 0 Å². The molecule has 10 heteroatoms. The molecule has 0 aromatic heterocycles. The summed E-state index contributed by atoms with van der Waals surface area (Å²) < 4.78 is 34.1. The molecule has 0 aliphatic rings. The lowest BCUT2D eigenvalue weighted by Crippen LogP contribution is -2.39. The molecule has 0 saturated carbocycles. The molecule has 3 aromatic rings. The van der Waals surface area contributed by atoms with E-state index in [0.717, 1.165) is 0 Å². The number of hydrogen-bond acceptors (Lipinski definition) is 4. The van der Waals surface area contributed by atoms with Crippen LogP contribution >= 0.6 is 46.4 Å². The molecule has 1 unspecified atom stereocenters. The first-order valence-electron chi connectivity index (χ1n) is 7.89. The molecule has 0 radical (unpaired) electrons. The van der Waals surface area contributed by atoms with Gasteiger partial charge in [0.15, 0.2) is 4.75 Å². The number of benzene rings is 3. The van der Waals surface area contributed by atoms with Crippen LogP contribution in [0.15, 0.2) is 54.6 Å². The molecule has 3 rings (SSSR count). The predicted octanol–water partition coefficient (Wildman–Crippen LogP) is 5.89. The van der Waals surface area contributed by atoms with Crippen LogP contribution in [-0.4, -0.2) is 23.2 Å². The fourth-order valence-electron chi connectivity index (χ4n) is 3.18. The molecule has 152 valence electrons. The molecule has 5 nitrogen and oxygen atoms in total. The van der Waals surface area contributed by atoms with E-state index in [1.807, 2.05) is 0 Å². The van der Waals surface area contributed by atoms with Gasteiger partial charge in [0.2, 0.25) is 0 Å². The molecule has 0 aliphatic carbocycles. The second-order valence-electron chi connectivity index (χ2n) is 6.08. The van der Waals surface area contributed by atoms with E-state index < -0.39 is 25.6 Å². The Hall–Kier alpha value is -1.67. The normalized spacial score (nSPS) is 13.8. The number of hydrogen-bond donors (Lipinski definition) is 3. The first kappa shape index (κ1) is 22.0. The molecule has 3 aromatic carbocycles. The Balaban J connectivity index is 2.65. The summed E-state index contributed by atoms with van der Waals surface area (Å²) >= 11 is 25.0. The highest BCUT2D eigenvalue weighted by atomic mass is 35.5. The van der Waals surface area contributed by atoms with E-state index in [2.05, 4.69) is 0 Å². The van der Waals surface area contributed by atoms with Crippen LogP contribution in [0, 0.1) is 0 Å². The number of aromatic hydroxyl groups is 2. The van der Waals surface area contributed by atoms with E-state index in [1.165, 1.54) is 54.6 Å². The van der Waals surface area contributed by atoms with E-state index in [1.54, 1.807) is 0 Å². The van der Waals surface area contributed by atoms with Gasteiger partial charge in [-0.05, 0) is 48.0 Å². The Bertz CT molecular complexity index is 1200. The molecule has 0 amide bonds. The van der Waals surface area contributed by atoms with Crippen molar-refractivity contribution < 1.29 is 23.2 Å². The van der Waals surface area contributed by atoms with Crippen molar-refractivity contribution in [3.63, 3.8) is 0 Å². The monoisotopic (exact) mass is 492 g/mol. The summed E-state index contributed by atoms with van der Waals surface area (Å²) in [6.45, 7) is 0. The predicted molar refractivity (Wildman–Crippen MR) is 114 cm³/mol. The highest BCUT2D eigenvalue weighted by Gasteiger charge is 2.52. The summed E-state index contributed by atoms with van der Waals surface area (Å²) in [4.78, 5) is 0. The van der Waals surface area contributed by atoms with Gasteiger partial charge in [-0.3, -0.25) is 4.55 Å². The molecular formula is C19H12Cl4O5S. The van der Waals surface area contributed by atoms with Crippen molar-refractivity contribution in [1.29, 1.82) is 0 Å². The van der Waals surface area contributed by atoms with Crippen LogP contribution in [0.2, 0.25) is 20.1 Å². The Morgan fingerprint density at radius 2 is 1.38 bits per heavy atom. The minimum Gasteiger partial charge on any atom is -0.508 e. The Kier molecular flexibility index (Phi) is 5.98. The number of rotatable bonds is 4. The van der Waals surface area contributed by atoms with Crippen LogP contribution in [0.1, 0.15) is 16.7 Å². The lowest BCUT2D eigenvalue weighted by Gasteiger charge is -2.34. The number of halogens is 4. The minimum absolute atomic E-state index is 0.0450. The summed E-state index contributed by atoms with van der Waals surface area (Å²) in [6, 6.07) is 11.4. The van der Waals surface area contributed by atoms with Gasteiger partial charge in [-0.15, -0.1) is 0 Å².